The molecule has 10 heteroatoms. The molecule has 138 valence electrons. The summed E-state index contributed by atoms with van der Waals surface area (Å²) in [6.45, 7) is 8.82. The summed E-state index contributed by atoms with van der Waals surface area (Å²) < 4.78 is 29.1. The van der Waals surface area contributed by atoms with Crippen LogP contribution >= 0.6 is 40.1 Å². The zero-order chi connectivity index (χ0) is 18.0. The van der Waals surface area contributed by atoms with Gasteiger partial charge in [0.05, 0.1) is 25.5 Å². The van der Waals surface area contributed by atoms with E-state index in [0.717, 1.165) is 12.2 Å². The largest absolute Gasteiger partial charge is 0.477 e. The van der Waals surface area contributed by atoms with Gasteiger partial charge in [0.2, 0.25) is 5.88 Å². The quantitative estimate of drug-likeness (QED) is 0.418. The Hall–Kier alpha value is -0.140. The lowest BCUT2D eigenvalue weighted by atomic mass is 10.4. The van der Waals surface area contributed by atoms with Gasteiger partial charge in [0, 0.05) is 11.5 Å². The van der Waals surface area contributed by atoms with Crippen LogP contribution in [0, 0.1) is 0 Å². The van der Waals surface area contributed by atoms with Crippen molar-refractivity contribution in [3.05, 3.63) is 10.7 Å². The highest BCUT2D eigenvalue weighted by Crippen LogP contribution is 2.70. The van der Waals surface area contributed by atoms with E-state index in [1.54, 1.807) is 0 Å². The number of rotatable bonds is 12. The maximum Gasteiger partial charge on any atom is 0.320 e. The molecule has 24 heavy (non-hydrogen) atoms. The molecule has 0 saturated carbocycles. The van der Waals surface area contributed by atoms with E-state index in [0.29, 0.717) is 36.3 Å². The van der Waals surface area contributed by atoms with Gasteiger partial charge in [-0.25, -0.2) is 0 Å². The summed E-state index contributed by atoms with van der Waals surface area (Å²) >= 11 is 8.88. The van der Waals surface area contributed by atoms with E-state index in [1.807, 2.05) is 27.7 Å². The van der Waals surface area contributed by atoms with E-state index < -0.39 is 5.77 Å². The average Bonchev–Trinajstić information content (AvgIpc) is 2.55. The van der Waals surface area contributed by atoms with Crippen molar-refractivity contribution in [2.75, 3.05) is 25.6 Å². The summed E-state index contributed by atoms with van der Waals surface area (Å²) in [6, 6.07) is 0.202. The van der Waals surface area contributed by atoms with Crippen LogP contribution in [0.3, 0.4) is 0 Å². The molecule has 1 atom stereocenters. The minimum absolute atomic E-state index is 0.202. The van der Waals surface area contributed by atoms with E-state index in [4.69, 9.17) is 25.6 Å². The Bertz CT molecular complexity index is 566. The van der Waals surface area contributed by atoms with Crippen LogP contribution in [0.5, 0.6) is 11.9 Å². The fraction of sp³-hybridized carbons (Fsp3) is 0.714. The normalized spacial score (nSPS) is 13.5. The monoisotopic (exact) mass is 414 g/mol. The van der Waals surface area contributed by atoms with Gasteiger partial charge in [0.15, 0.2) is 0 Å². The van der Waals surface area contributed by atoms with Crippen LogP contribution in [0.2, 0.25) is 5.02 Å². The highest BCUT2D eigenvalue weighted by molar-refractivity contribution is 8.89. The van der Waals surface area contributed by atoms with Gasteiger partial charge in [-0.05, 0) is 27.2 Å². The van der Waals surface area contributed by atoms with E-state index in [-0.39, 0.29) is 11.9 Å². The summed E-state index contributed by atoms with van der Waals surface area (Å²) in [6.07, 6.45) is 0.930. The minimum Gasteiger partial charge on any atom is -0.477 e. The number of nitrogens with zero attached hydrogens (tertiary/aromatic N) is 2. The zero-order valence-corrected chi connectivity index (χ0v) is 17.7. The number of hydrogen-bond donors (Lipinski definition) is 0. The topological polar surface area (TPSA) is 70.5 Å². The Balaban J connectivity index is 2.96. The molecular weight excluding hydrogens is 391 g/mol. The molecule has 0 spiro atoms. The predicted octanol–water partition coefficient (Wildman–Crippen LogP) is 5.45. The third kappa shape index (κ3) is 7.00. The smallest absolute Gasteiger partial charge is 0.320 e. The third-order valence-electron chi connectivity index (χ3n) is 2.52. The maximum atomic E-state index is 12.8. The van der Waals surface area contributed by atoms with E-state index in [9.17, 15) is 4.57 Å². The Kier molecular flexibility index (Phi) is 10.5. The van der Waals surface area contributed by atoms with Crippen molar-refractivity contribution in [3.8, 4) is 11.9 Å². The molecule has 0 fully saturated rings. The molecule has 1 aromatic heterocycles. The molecule has 1 heterocycles. The van der Waals surface area contributed by atoms with Gasteiger partial charge in [0.1, 0.15) is 5.02 Å². The Morgan fingerprint density at radius 1 is 1.04 bits per heavy atom. The van der Waals surface area contributed by atoms with Crippen LogP contribution in [0.1, 0.15) is 39.8 Å². The zero-order valence-electron chi connectivity index (χ0n) is 14.4. The van der Waals surface area contributed by atoms with Gasteiger partial charge in [-0.15, -0.1) is 0 Å². The molecule has 0 amide bonds. The molecule has 6 nitrogen and oxygen atoms in total. The standard InChI is InChI=1S/C14H24ClN2O4PS2/c1-5-9-23-22(18,21-8-4)24-10-11-12(15)13(19-6-2)17-14(16-11)20-7-3/h5-10H2,1-4H3. The molecule has 0 bridgehead atoms. The van der Waals surface area contributed by atoms with Crippen LogP contribution in [-0.2, 0) is 14.8 Å². The Morgan fingerprint density at radius 3 is 2.33 bits per heavy atom. The first kappa shape index (κ1) is 21.9. The molecule has 0 N–H and O–H groups in total. The van der Waals surface area contributed by atoms with Crippen molar-refractivity contribution in [1.82, 2.24) is 9.97 Å². The van der Waals surface area contributed by atoms with Crippen LogP contribution in [-0.4, -0.2) is 35.5 Å². The first-order valence-electron chi connectivity index (χ1n) is 7.85. The molecule has 0 saturated heterocycles. The fourth-order valence-corrected chi connectivity index (χ4v) is 8.48. The second-order valence-corrected chi connectivity index (χ2v) is 12.3. The van der Waals surface area contributed by atoms with Crippen molar-refractivity contribution in [2.45, 2.75) is 39.9 Å². The van der Waals surface area contributed by atoms with Crippen molar-refractivity contribution in [2.24, 2.45) is 0 Å². The summed E-state index contributed by atoms with van der Waals surface area (Å²) in [4.78, 5) is 8.44. The van der Waals surface area contributed by atoms with Crippen molar-refractivity contribution in [3.63, 3.8) is 0 Å². The second kappa shape index (κ2) is 11.5. The molecule has 0 aliphatic carbocycles. The van der Waals surface area contributed by atoms with Crippen molar-refractivity contribution < 1.29 is 18.6 Å². The first-order chi connectivity index (χ1) is 11.5. The van der Waals surface area contributed by atoms with Crippen molar-refractivity contribution in [1.29, 1.82) is 0 Å². The van der Waals surface area contributed by atoms with E-state index in [2.05, 4.69) is 9.97 Å². The number of aromatic nitrogens is 2. The molecule has 0 aliphatic rings. The number of hydrogen-bond acceptors (Lipinski definition) is 8. The molecular formula is C14H24ClN2O4PS2. The summed E-state index contributed by atoms with van der Waals surface area (Å²) in [5.41, 5.74) is 0.528. The molecule has 1 unspecified atom stereocenters. The molecule has 1 rings (SSSR count). The highest BCUT2D eigenvalue weighted by atomic mass is 35.5. The maximum absolute atomic E-state index is 12.8. The third-order valence-corrected chi connectivity index (χ3v) is 10.5. The predicted molar refractivity (Wildman–Crippen MR) is 103 cm³/mol. The van der Waals surface area contributed by atoms with Crippen molar-refractivity contribution >= 4 is 40.1 Å². The van der Waals surface area contributed by atoms with Gasteiger partial charge in [-0.3, -0.25) is 4.57 Å². The number of halogens is 1. The van der Waals surface area contributed by atoms with Crippen LogP contribution < -0.4 is 9.47 Å². The van der Waals surface area contributed by atoms with Gasteiger partial charge in [-0.1, -0.05) is 41.3 Å². The van der Waals surface area contributed by atoms with Crippen LogP contribution in [0.15, 0.2) is 0 Å². The minimum atomic E-state index is -2.85. The Labute approximate surface area is 156 Å². The Morgan fingerprint density at radius 2 is 1.75 bits per heavy atom. The van der Waals surface area contributed by atoms with Gasteiger partial charge < -0.3 is 14.0 Å². The molecule has 0 aliphatic heterocycles. The van der Waals surface area contributed by atoms with E-state index >= 15 is 0 Å². The van der Waals surface area contributed by atoms with Gasteiger partial charge in [0.25, 0.3) is 0 Å². The van der Waals surface area contributed by atoms with Gasteiger partial charge in [-0.2, -0.15) is 9.97 Å². The molecule has 0 radical (unpaired) electrons. The lowest BCUT2D eigenvalue weighted by molar-refractivity contribution is 0.288. The van der Waals surface area contributed by atoms with Crippen LogP contribution in [0.4, 0.5) is 0 Å². The SMILES string of the molecule is CCCSP(=O)(OCC)SCc1nc(OCC)nc(OCC)c1Cl. The molecule has 0 aromatic carbocycles. The van der Waals surface area contributed by atoms with E-state index in [1.165, 1.54) is 22.8 Å². The summed E-state index contributed by atoms with van der Waals surface area (Å²) in [7, 11) is 0. The average molecular weight is 415 g/mol. The highest BCUT2D eigenvalue weighted by Gasteiger charge is 2.26. The lowest BCUT2D eigenvalue weighted by Gasteiger charge is -2.16. The molecule has 1 aromatic rings. The first-order valence-corrected chi connectivity index (χ1v) is 13.0. The summed E-state index contributed by atoms with van der Waals surface area (Å²) in [5, 5.41) is 0.316. The lowest BCUT2D eigenvalue weighted by Crippen LogP contribution is -2.05. The van der Waals surface area contributed by atoms with Crippen LogP contribution in [0.25, 0.3) is 0 Å². The fourth-order valence-electron chi connectivity index (χ4n) is 1.58. The second-order valence-electron chi connectivity index (χ2n) is 4.41. The number of ether oxygens (including phenoxy) is 2. The van der Waals surface area contributed by atoms with Gasteiger partial charge >= 0.3 is 11.8 Å². The summed E-state index contributed by atoms with van der Waals surface area (Å²) in [5.74, 6) is -1.47.